The molecule has 0 fully saturated rings. The predicted octanol–water partition coefficient (Wildman–Crippen LogP) is 4.55. The highest BCUT2D eigenvalue weighted by Crippen LogP contribution is 3.02. The minimum atomic E-state index is -9.98. The van der Waals surface area contributed by atoms with Gasteiger partial charge < -0.3 is 25.7 Å². The smallest absolute Gasteiger partial charge is 0.319 e. The second kappa shape index (κ2) is 7.24. The number of halogens is 5. The van der Waals surface area contributed by atoms with Gasteiger partial charge in [-0.15, -0.1) is 0 Å². The summed E-state index contributed by atoms with van der Waals surface area (Å²) in [4.78, 5) is 11.7. The Balaban J connectivity index is 1.91. The molecule has 0 aromatic heterocycles. The third-order valence-electron chi connectivity index (χ3n) is 5.00. The van der Waals surface area contributed by atoms with Crippen LogP contribution in [0.15, 0.2) is 47.4 Å². The number of nitrogens with one attached hydrogen (secondary N) is 2. The minimum Gasteiger partial charge on any atom is -0.395 e. The molecule has 4 N–H and O–H groups in total. The van der Waals surface area contributed by atoms with Crippen molar-refractivity contribution < 1.29 is 34.4 Å². The maximum Gasteiger partial charge on any atom is 0.319 e. The summed E-state index contributed by atoms with van der Waals surface area (Å²) in [5.74, 6) is 0. The number of amides is 2. The molecule has 2 unspecified atom stereocenters. The van der Waals surface area contributed by atoms with Crippen LogP contribution in [-0.2, 0) is 6.42 Å². The molecule has 172 valence electrons. The number of carbonyl (C=O) groups excluding carboxylic acids is 1. The summed E-state index contributed by atoms with van der Waals surface area (Å²) >= 11 is 0. The van der Waals surface area contributed by atoms with Crippen LogP contribution in [0.5, 0.6) is 0 Å². The molecule has 1 aliphatic carbocycles. The first-order valence-electron chi connectivity index (χ1n) is 9.23. The number of aliphatic hydroxyl groups is 2. The molecule has 3 rings (SSSR count). The highest BCUT2D eigenvalue weighted by molar-refractivity contribution is 8.45. The molecule has 2 atom stereocenters. The van der Waals surface area contributed by atoms with Crippen molar-refractivity contribution in [3.63, 3.8) is 0 Å². The Kier molecular flexibility index (Phi) is 5.40. The zero-order valence-electron chi connectivity index (χ0n) is 16.4. The fourth-order valence-electron chi connectivity index (χ4n) is 3.51. The number of nitrogens with zero attached hydrogens (tertiary/aromatic N) is 1. The Morgan fingerprint density at radius 1 is 1.16 bits per heavy atom. The van der Waals surface area contributed by atoms with Crippen LogP contribution in [0.1, 0.15) is 17.2 Å². The van der Waals surface area contributed by atoms with E-state index in [1.54, 1.807) is 24.3 Å². The number of rotatable bonds is 6. The first-order chi connectivity index (χ1) is 14.2. The van der Waals surface area contributed by atoms with E-state index in [-0.39, 0.29) is 37.4 Å². The van der Waals surface area contributed by atoms with Crippen molar-refractivity contribution in [2.75, 3.05) is 30.4 Å². The molecule has 31 heavy (non-hydrogen) atoms. The first kappa shape index (κ1) is 23.1. The van der Waals surface area contributed by atoms with Crippen molar-refractivity contribution in [2.24, 2.45) is 0 Å². The standard InChI is InChI=1S/C19H22F5N3O3S/c1-27(8-9-28)16-7-6-13(31(20,21,22,23)24)11-15(16)25-19(30)26-18-14-5-3-2-4-12(14)10-17(18)29/h2-7,11,17-18,28-29H,8-10H2,1H3,(H2,25,26,30). The summed E-state index contributed by atoms with van der Waals surface area (Å²) in [6.45, 7) is -0.364. The van der Waals surface area contributed by atoms with Crippen LogP contribution in [0.25, 0.3) is 0 Å². The van der Waals surface area contributed by atoms with E-state index in [1.165, 1.54) is 11.9 Å². The van der Waals surface area contributed by atoms with Gasteiger partial charge in [-0.1, -0.05) is 43.7 Å². The molecule has 2 amide bonds. The van der Waals surface area contributed by atoms with Crippen molar-refractivity contribution in [3.05, 3.63) is 53.6 Å². The number of hydrogen-bond acceptors (Lipinski definition) is 4. The average Bonchev–Trinajstić information content (AvgIpc) is 2.95. The molecule has 0 saturated heterocycles. The van der Waals surface area contributed by atoms with E-state index in [1.807, 2.05) is 0 Å². The lowest BCUT2D eigenvalue weighted by Gasteiger charge is -2.41. The topological polar surface area (TPSA) is 84.8 Å². The van der Waals surface area contributed by atoms with Gasteiger partial charge >= 0.3 is 16.3 Å². The van der Waals surface area contributed by atoms with Crippen molar-refractivity contribution >= 4 is 27.6 Å². The van der Waals surface area contributed by atoms with E-state index < -0.39 is 39.0 Å². The van der Waals surface area contributed by atoms with Gasteiger partial charge in [0.15, 0.2) is 0 Å². The van der Waals surface area contributed by atoms with Crippen LogP contribution in [0.3, 0.4) is 0 Å². The van der Waals surface area contributed by atoms with Gasteiger partial charge in [0.05, 0.1) is 30.1 Å². The lowest BCUT2D eigenvalue weighted by Crippen LogP contribution is -2.37. The highest BCUT2D eigenvalue weighted by atomic mass is 32.5. The van der Waals surface area contributed by atoms with Gasteiger partial charge in [0, 0.05) is 20.0 Å². The predicted molar refractivity (Wildman–Crippen MR) is 109 cm³/mol. The molecule has 0 bridgehead atoms. The monoisotopic (exact) mass is 467 g/mol. The third-order valence-corrected chi connectivity index (χ3v) is 6.14. The molecule has 2 aromatic rings. The second-order valence-electron chi connectivity index (χ2n) is 7.34. The Labute approximate surface area is 175 Å². The molecular weight excluding hydrogens is 445 g/mol. The Hall–Kier alpha value is -2.57. The second-order valence-corrected chi connectivity index (χ2v) is 9.75. The number of hydrogen-bond donors (Lipinski definition) is 4. The molecule has 0 radical (unpaired) electrons. The Morgan fingerprint density at radius 3 is 2.48 bits per heavy atom. The lowest BCUT2D eigenvalue weighted by molar-refractivity contribution is 0.144. The summed E-state index contributed by atoms with van der Waals surface area (Å²) in [7, 11) is -8.56. The van der Waals surface area contributed by atoms with Gasteiger partial charge in [0.1, 0.15) is 4.90 Å². The summed E-state index contributed by atoms with van der Waals surface area (Å²) in [5.41, 5.74) is 0.956. The van der Waals surface area contributed by atoms with Crippen LogP contribution in [0.2, 0.25) is 0 Å². The Morgan fingerprint density at radius 2 is 1.84 bits per heavy atom. The van der Waals surface area contributed by atoms with Gasteiger partial charge in [-0.3, -0.25) is 0 Å². The van der Waals surface area contributed by atoms with Gasteiger partial charge in [0.25, 0.3) is 0 Å². The summed E-state index contributed by atoms with van der Waals surface area (Å²) < 4.78 is 66.4. The number of fused-ring (bicyclic) bond motifs is 1. The van der Waals surface area contributed by atoms with Crippen LogP contribution < -0.4 is 15.5 Å². The van der Waals surface area contributed by atoms with Crippen LogP contribution in [0.4, 0.5) is 35.6 Å². The lowest BCUT2D eigenvalue weighted by atomic mass is 10.1. The number of anilines is 2. The number of benzene rings is 2. The molecule has 0 aliphatic heterocycles. The SMILES string of the molecule is CN(CCO)c1ccc(S(F)(F)(F)(F)F)cc1NC(=O)NC1c2ccccc2CC1O. The van der Waals surface area contributed by atoms with Crippen LogP contribution in [-0.4, -0.2) is 42.5 Å². The number of carbonyl (C=O) groups is 1. The quantitative estimate of drug-likeness (QED) is 0.470. The maximum absolute atomic E-state index is 13.3. The number of urea groups is 1. The van der Waals surface area contributed by atoms with Gasteiger partial charge in [0.2, 0.25) is 0 Å². The number of likely N-dealkylation sites (N-methyl/N-ethyl adjacent to an activating group) is 1. The zero-order valence-corrected chi connectivity index (χ0v) is 17.2. The van der Waals surface area contributed by atoms with Crippen molar-refractivity contribution in [1.82, 2.24) is 5.32 Å². The summed E-state index contributed by atoms with van der Waals surface area (Å²) in [5, 5.41) is 24.0. The van der Waals surface area contributed by atoms with Crippen molar-refractivity contribution in [2.45, 2.75) is 23.5 Å². The van der Waals surface area contributed by atoms with Crippen LogP contribution >= 0.6 is 10.2 Å². The molecule has 6 nitrogen and oxygen atoms in total. The van der Waals surface area contributed by atoms with Gasteiger partial charge in [-0.25, -0.2) is 4.79 Å². The number of aliphatic hydroxyl groups excluding tert-OH is 2. The third kappa shape index (κ3) is 5.20. The van der Waals surface area contributed by atoms with Crippen molar-refractivity contribution in [1.29, 1.82) is 0 Å². The minimum absolute atomic E-state index is 0.00201. The van der Waals surface area contributed by atoms with E-state index in [9.17, 15) is 29.3 Å². The van der Waals surface area contributed by atoms with E-state index in [0.29, 0.717) is 5.56 Å². The molecule has 0 saturated carbocycles. The highest BCUT2D eigenvalue weighted by Gasteiger charge is 2.65. The van der Waals surface area contributed by atoms with E-state index in [0.717, 1.165) is 11.6 Å². The summed E-state index contributed by atoms with van der Waals surface area (Å²) in [6, 6.07) is 6.38. The van der Waals surface area contributed by atoms with Gasteiger partial charge in [-0.2, -0.15) is 0 Å². The van der Waals surface area contributed by atoms with Crippen molar-refractivity contribution in [3.8, 4) is 0 Å². The first-order valence-corrected chi connectivity index (χ1v) is 11.2. The molecule has 2 aromatic carbocycles. The normalized spacial score (nSPS) is 20.4. The molecule has 12 heteroatoms. The largest absolute Gasteiger partial charge is 0.395 e. The van der Waals surface area contributed by atoms with E-state index in [2.05, 4.69) is 10.6 Å². The maximum atomic E-state index is 13.3. The fraction of sp³-hybridized carbons (Fsp3) is 0.316. The molecule has 0 heterocycles. The average molecular weight is 467 g/mol. The van der Waals surface area contributed by atoms with Gasteiger partial charge in [-0.05, 0) is 29.3 Å². The Bertz CT molecular complexity index is 1000. The molecular formula is C19H22F5N3O3S. The molecule has 0 spiro atoms. The molecule has 1 aliphatic rings. The van der Waals surface area contributed by atoms with E-state index in [4.69, 9.17) is 5.11 Å². The van der Waals surface area contributed by atoms with E-state index >= 15 is 0 Å². The fourth-order valence-corrected chi connectivity index (χ4v) is 4.17. The summed E-state index contributed by atoms with van der Waals surface area (Å²) in [6.07, 6.45) is -0.665. The zero-order chi connectivity index (χ0) is 23.1. The van der Waals surface area contributed by atoms with Crippen LogP contribution in [0, 0.1) is 0 Å².